The Morgan fingerprint density at radius 2 is 1.94 bits per heavy atom. The molecule has 0 unspecified atom stereocenters. The standard InChI is InChI=1S/C21H20Cl2N4O3S/c22-18-8-7-17(11-19(18)23)31(29,30)26-15-5-3-4-14(10-15)21(28)24-12-16-13-27-9-2-1-6-20(27)25-16/h3-5,7-8,10-11,13,26H,1-2,6,9,12H2,(H,24,28). The number of fused-ring (bicyclic) bond motifs is 1. The largest absolute Gasteiger partial charge is 0.346 e. The second-order valence-corrected chi connectivity index (χ2v) is 9.74. The Balaban J connectivity index is 1.44. The van der Waals surface area contributed by atoms with E-state index in [1.54, 1.807) is 18.2 Å². The number of aryl methyl sites for hydroxylation is 2. The Labute approximate surface area is 190 Å². The molecule has 2 N–H and O–H groups in total. The van der Waals surface area contributed by atoms with E-state index in [2.05, 4.69) is 19.6 Å². The van der Waals surface area contributed by atoms with E-state index in [0.29, 0.717) is 12.1 Å². The molecule has 1 aromatic heterocycles. The first-order valence-corrected chi connectivity index (χ1v) is 12.0. The Morgan fingerprint density at radius 1 is 1.10 bits per heavy atom. The summed E-state index contributed by atoms with van der Waals surface area (Å²) in [6, 6.07) is 10.3. The molecular weight excluding hydrogens is 459 g/mol. The number of carbonyl (C=O) groups is 1. The van der Waals surface area contributed by atoms with E-state index in [1.807, 2.05) is 6.20 Å². The van der Waals surface area contributed by atoms with Crippen molar-refractivity contribution in [3.63, 3.8) is 0 Å². The highest BCUT2D eigenvalue weighted by Gasteiger charge is 2.17. The highest BCUT2D eigenvalue weighted by Crippen LogP contribution is 2.26. The van der Waals surface area contributed by atoms with Crippen molar-refractivity contribution in [1.82, 2.24) is 14.9 Å². The predicted molar refractivity (Wildman–Crippen MR) is 120 cm³/mol. The second-order valence-electron chi connectivity index (χ2n) is 7.24. The van der Waals surface area contributed by atoms with Gasteiger partial charge in [0.05, 0.1) is 27.2 Å². The summed E-state index contributed by atoms with van der Waals surface area (Å²) >= 11 is 11.8. The van der Waals surface area contributed by atoms with E-state index >= 15 is 0 Å². The third-order valence-electron chi connectivity index (χ3n) is 4.97. The molecule has 2 aromatic carbocycles. The van der Waals surface area contributed by atoms with Crippen LogP contribution in [0.1, 0.15) is 34.7 Å². The summed E-state index contributed by atoms with van der Waals surface area (Å²) in [5.74, 6) is 0.732. The van der Waals surface area contributed by atoms with E-state index in [0.717, 1.165) is 37.3 Å². The van der Waals surface area contributed by atoms with E-state index in [4.69, 9.17) is 23.2 Å². The van der Waals surface area contributed by atoms with Crippen LogP contribution in [0.2, 0.25) is 10.0 Å². The smallest absolute Gasteiger partial charge is 0.261 e. The number of anilines is 1. The maximum Gasteiger partial charge on any atom is 0.261 e. The lowest BCUT2D eigenvalue weighted by atomic mass is 10.2. The van der Waals surface area contributed by atoms with Crippen LogP contribution in [0.5, 0.6) is 0 Å². The molecule has 0 saturated heterocycles. The van der Waals surface area contributed by atoms with Crippen molar-refractivity contribution in [2.75, 3.05) is 4.72 Å². The molecule has 1 aliphatic rings. The third-order valence-corrected chi connectivity index (χ3v) is 7.08. The molecule has 0 aliphatic carbocycles. The van der Waals surface area contributed by atoms with Crippen molar-refractivity contribution in [2.24, 2.45) is 0 Å². The van der Waals surface area contributed by atoms with Crippen molar-refractivity contribution in [2.45, 2.75) is 37.2 Å². The number of nitrogens with zero attached hydrogens (tertiary/aromatic N) is 2. The van der Waals surface area contributed by atoms with Gasteiger partial charge in [0.25, 0.3) is 15.9 Å². The van der Waals surface area contributed by atoms with Crippen molar-refractivity contribution in [1.29, 1.82) is 0 Å². The first kappa shape index (κ1) is 21.7. The van der Waals surface area contributed by atoms with Gasteiger partial charge in [0.1, 0.15) is 5.82 Å². The van der Waals surface area contributed by atoms with Crippen LogP contribution in [0.25, 0.3) is 0 Å². The van der Waals surface area contributed by atoms with Crippen LogP contribution in [-0.4, -0.2) is 23.9 Å². The molecule has 4 rings (SSSR count). The van der Waals surface area contributed by atoms with Gasteiger partial charge in [0.15, 0.2) is 0 Å². The van der Waals surface area contributed by atoms with Gasteiger partial charge in [-0.05, 0) is 49.2 Å². The minimum atomic E-state index is -3.89. The maximum absolute atomic E-state index is 12.6. The number of sulfonamides is 1. The monoisotopic (exact) mass is 478 g/mol. The zero-order valence-corrected chi connectivity index (χ0v) is 18.8. The molecule has 3 aromatic rings. The zero-order valence-electron chi connectivity index (χ0n) is 16.4. The zero-order chi connectivity index (χ0) is 22.0. The Kier molecular flexibility index (Phi) is 6.22. The van der Waals surface area contributed by atoms with Crippen molar-refractivity contribution in [3.8, 4) is 0 Å². The second kappa shape index (κ2) is 8.90. The summed E-state index contributed by atoms with van der Waals surface area (Å²) in [6.45, 7) is 1.26. The van der Waals surface area contributed by atoms with Gasteiger partial charge in [-0.15, -0.1) is 0 Å². The average molecular weight is 479 g/mol. The summed E-state index contributed by atoms with van der Waals surface area (Å²) in [4.78, 5) is 17.1. The van der Waals surface area contributed by atoms with Gasteiger partial charge in [-0.25, -0.2) is 13.4 Å². The first-order chi connectivity index (χ1) is 14.8. The lowest BCUT2D eigenvalue weighted by Gasteiger charge is -2.11. The number of hydrogen-bond acceptors (Lipinski definition) is 4. The molecule has 2 heterocycles. The molecule has 0 fully saturated rings. The number of rotatable bonds is 6. The fourth-order valence-electron chi connectivity index (χ4n) is 3.41. The van der Waals surface area contributed by atoms with Crippen LogP contribution in [0, 0.1) is 0 Å². The Bertz CT molecular complexity index is 1220. The minimum Gasteiger partial charge on any atom is -0.346 e. The fraction of sp³-hybridized carbons (Fsp3) is 0.238. The molecule has 162 valence electrons. The summed E-state index contributed by atoms with van der Waals surface area (Å²) in [5.41, 5.74) is 1.40. The van der Waals surface area contributed by atoms with Crippen LogP contribution < -0.4 is 10.0 Å². The van der Waals surface area contributed by atoms with Crippen LogP contribution in [0.15, 0.2) is 53.6 Å². The van der Waals surface area contributed by atoms with Gasteiger partial charge in [-0.1, -0.05) is 29.3 Å². The first-order valence-electron chi connectivity index (χ1n) is 9.73. The SMILES string of the molecule is O=C(NCc1cn2c(n1)CCCC2)c1cccc(NS(=O)(=O)c2ccc(Cl)c(Cl)c2)c1. The number of benzene rings is 2. The van der Waals surface area contributed by atoms with Crippen LogP contribution in [0.3, 0.4) is 0 Å². The van der Waals surface area contributed by atoms with Crippen molar-refractivity contribution in [3.05, 3.63) is 75.8 Å². The van der Waals surface area contributed by atoms with Gasteiger partial charge in [-0.3, -0.25) is 9.52 Å². The molecule has 1 aliphatic heterocycles. The Morgan fingerprint density at radius 3 is 2.71 bits per heavy atom. The molecule has 0 saturated carbocycles. The highest BCUT2D eigenvalue weighted by atomic mass is 35.5. The number of nitrogens with one attached hydrogen (secondary N) is 2. The number of hydrogen-bond donors (Lipinski definition) is 2. The van der Waals surface area contributed by atoms with E-state index in [1.165, 1.54) is 24.3 Å². The van der Waals surface area contributed by atoms with Crippen molar-refractivity contribution < 1.29 is 13.2 Å². The maximum atomic E-state index is 12.6. The van der Waals surface area contributed by atoms with Crippen LogP contribution in [-0.2, 0) is 29.5 Å². The van der Waals surface area contributed by atoms with Crippen LogP contribution >= 0.6 is 23.2 Å². The Hall–Kier alpha value is -2.55. The molecule has 0 spiro atoms. The molecular formula is C21H20Cl2N4O3S. The summed E-state index contributed by atoms with van der Waals surface area (Å²) in [5, 5.41) is 3.24. The third kappa shape index (κ3) is 5.03. The molecule has 7 nitrogen and oxygen atoms in total. The van der Waals surface area contributed by atoms with Crippen LogP contribution in [0.4, 0.5) is 5.69 Å². The lowest BCUT2D eigenvalue weighted by molar-refractivity contribution is 0.0950. The van der Waals surface area contributed by atoms with Gasteiger partial charge in [0, 0.05) is 30.4 Å². The molecule has 0 bridgehead atoms. The summed E-state index contributed by atoms with van der Waals surface area (Å²) < 4.78 is 29.8. The van der Waals surface area contributed by atoms with Gasteiger partial charge < -0.3 is 9.88 Å². The molecule has 31 heavy (non-hydrogen) atoms. The molecule has 1 amide bonds. The number of carbonyl (C=O) groups excluding carboxylic acids is 1. The van der Waals surface area contributed by atoms with E-state index in [9.17, 15) is 13.2 Å². The molecule has 0 atom stereocenters. The summed E-state index contributed by atoms with van der Waals surface area (Å²) in [6.07, 6.45) is 5.19. The molecule has 0 radical (unpaired) electrons. The number of amides is 1. The number of halogens is 2. The number of imidazole rings is 1. The van der Waals surface area contributed by atoms with E-state index in [-0.39, 0.29) is 26.5 Å². The predicted octanol–water partition coefficient (Wildman–Crippen LogP) is 4.26. The van der Waals surface area contributed by atoms with Gasteiger partial charge in [0.2, 0.25) is 0 Å². The molecule has 10 heteroatoms. The summed E-state index contributed by atoms with van der Waals surface area (Å²) in [7, 11) is -3.89. The normalized spacial score (nSPS) is 13.5. The topological polar surface area (TPSA) is 93.1 Å². The highest BCUT2D eigenvalue weighted by molar-refractivity contribution is 7.92. The van der Waals surface area contributed by atoms with Gasteiger partial charge >= 0.3 is 0 Å². The number of aromatic nitrogens is 2. The minimum absolute atomic E-state index is 0.0273. The average Bonchev–Trinajstić information content (AvgIpc) is 3.17. The van der Waals surface area contributed by atoms with Crippen molar-refractivity contribution >= 4 is 44.8 Å². The fourth-order valence-corrected chi connectivity index (χ4v) is 4.85. The quantitative estimate of drug-likeness (QED) is 0.553. The lowest BCUT2D eigenvalue weighted by Crippen LogP contribution is -2.23. The van der Waals surface area contributed by atoms with E-state index < -0.39 is 10.0 Å². The van der Waals surface area contributed by atoms with Gasteiger partial charge in [-0.2, -0.15) is 0 Å².